The summed E-state index contributed by atoms with van der Waals surface area (Å²) in [6.07, 6.45) is 4.03. The number of aromatic nitrogens is 1. The molecule has 0 atom stereocenters. The number of piperidine rings is 1. The Morgan fingerprint density at radius 1 is 1.19 bits per heavy atom. The molecule has 1 aromatic heterocycles. The normalized spacial score (nSPS) is 16.0. The first-order chi connectivity index (χ1) is 10.2. The lowest BCUT2D eigenvalue weighted by Gasteiger charge is -2.23. The molecule has 3 rings (SSSR count). The molecule has 21 heavy (non-hydrogen) atoms. The molecule has 4 nitrogen and oxygen atoms in total. The number of carboxylic acid groups (broad SMARTS) is 1. The van der Waals surface area contributed by atoms with Crippen LogP contribution in [0.2, 0.25) is 0 Å². The van der Waals surface area contributed by atoms with Gasteiger partial charge in [-0.3, -0.25) is 0 Å². The van der Waals surface area contributed by atoms with Gasteiger partial charge in [0.25, 0.3) is 0 Å². The Hall–Kier alpha value is -1.72. The van der Waals surface area contributed by atoms with Gasteiger partial charge in [-0.25, -0.2) is 4.98 Å². The highest BCUT2D eigenvalue weighted by Crippen LogP contribution is 2.23. The Morgan fingerprint density at radius 2 is 1.90 bits per heavy atom. The van der Waals surface area contributed by atoms with Gasteiger partial charge in [-0.05, 0) is 19.3 Å². The number of likely N-dealkylation sites (tertiary alicyclic amines) is 1. The van der Waals surface area contributed by atoms with Crippen molar-refractivity contribution in [2.75, 3.05) is 13.1 Å². The molecular formula is C16H18N2O2S. The van der Waals surface area contributed by atoms with Crippen LogP contribution in [0.5, 0.6) is 0 Å². The number of hydrogen-bond acceptors (Lipinski definition) is 4. The molecule has 0 bridgehead atoms. The van der Waals surface area contributed by atoms with Gasteiger partial charge in [0.2, 0.25) is 0 Å². The fraction of sp³-hybridized carbons (Fsp3) is 0.375. The Balaban J connectivity index is 1.69. The second kappa shape index (κ2) is 6.37. The number of hydrogen-bond donors (Lipinski definition) is 1. The molecular weight excluding hydrogens is 284 g/mol. The van der Waals surface area contributed by atoms with Crippen LogP contribution in [0.3, 0.4) is 0 Å². The van der Waals surface area contributed by atoms with Crippen molar-refractivity contribution in [3.8, 4) is 10.6 Å². The number of thiazole rings is 1. The van der Waals surface area contributed by atoms with E-state index in [1.807, 2.05) is 12.1 Å². The first-order valence-electron chi connectivity index (χ1n) is 7.32. The highest BCUT2D eigenvalue weighted by molar-refractivity contribution is 7.13. The van der Waals surface area contributed by atoms with Crippen LogP contribution in [0.1, 0.15) is 35.3 Å². The number of aromatic carboxylic acids is 1. The van der Waals surface area contributed by atoms with Crippen molar-refractivity contribution in [3.05, 3.63) is 40.9 Å². The topological polar surface area (TPSA) is 57.5 Å². The van der Waals surface area contributed by atoms with Crippen molar-refractivity contribution in [1.29, 1.82) is 0 Å². The van der Waals surface area contributed by atoms with E-state index in [1.54, 1.807) is 4.90 Å². The van der Waals surface area contributed by atoms with Crippen molar-refractivity contribution >= 4 is 17.3 Å². The van der Waals surface area contributed by atoms with Gasteiger partial charge >= 0.3 is 0 Å². The summed E-state index contributed by atoms with van der Waals surface area (Å²) in [6.45, 7) is 3.61. The second-order valence-corrected chi connectivity index (χ2v) is 6.37. The first kappa shape index (κ1) is 14.2. The summed E-state index contributed by atoms with van der Waals surface area (Å²) in [5.74, 6) is -1.22. The molecule has 2 heterocycles. The zero-order valence-electron chi connectivity index (χ0n) is 11.8. The van der Waals surface area contributed by atoms with Crippen LogP contribution in [0.25, 0.3) is 10.6 Å². The highest BCUT2D eigenvalue weighted by atomic mass is 32.1. The van der Waals surface area contributed by atoms with Crippen LogP contribution in [-0.4, -0.2) is 24.0 Å². The van der Waals surface area contributed by atoms with E-state index in [0.717, 1.165) is 17.1 Å². The molecule has 1 saturated heterocycles. The van der Waals surface area contributed by atoms with Gasteiger partial charge in [0, 0.05) is 16.5 Å². The summed E-state index contributed by atoms with van der Waals surface area (Å²) >= 11 is 1.34. The van der Waals surface area contributed by atoms with E-state index in [2.05, 4.69) is 17.1 Å². The largest absolute Gasteiger partial charge is 0.543 e. The van der Waals surface area contributed by atoms with E-state index in [4.69, 9.17) is 0 Å². The van der Waals surface area contributed by atoms with Crippen molar-refractivity contribution in [2.45, 2.75) is 25.8 Å². The Morgan fingerprint density at radius 3 is 2.52 bits per heavy atom. The molecule has 0 spiro atoms. The van der Waals surface area contributed by atoms with Crippen molar-refractivity contribution in [2.24, 2.45) is 0 Å². The SMILES string of the molecule is O=C([O-])c1csc(-c2ccc(C[NH+]3CCCCC3)cc2)n1. The van der Waals surface area contributed by atoms with Gasteiger partial charge in [-0.2, -0.15) is 0 Å². The number of nitrogens with zero attached hydrogens (tertiary/aromatic N) is 1. The lowest BCUT2D eigenvalue weighted by Crippen LogP contribution is -3.11. The average Bonchev–Trinajstić information content (AvgIpc) is 2.99. The molecule has 0 unspecified atom stereocenters. The summed E-state index contributed by atoms with van der Waals surface area (Å²) in [7, 11) is 0. The molecule has 0 amide bonds. The third-order valence-corrected chi connectivity index (χ3v) is 4.82. The molecule has 1 aliphatic heterocycles. The summed E-state index contributed by atoms with van der Waals surface area (Å²) in [4.78, 5) is 16.5. The molecule has 1 aliphatic rings. The lowest BCUT2D eigenvalue weighted by atomic mass is 10.1. The molecule has 1 N–H and O–H groups in total. The van der Waals surface area contributed by atoms with Crippen LogP contribution in [-0.2, 0) is 6.54 Å². The minimum absolute atomic E-state index is 0.0110. The molecule has 0 aliphatic carbocycles. The zero-order chi connectivity index (χ0) is 14.7. The number of carboxylic acids is 1. The van der Waals surface area contributed by atoms with Crippen molar-refractivity contribution < 1.29 is 14.8 Å². The van der Waals surface area contributed by atoms with Gasteiger partial charge in [0.1, 0.15) is 11.6 Å². The minimum atomic E-state index is -1.22. The van der Waals surface area contributed by atoms with Gasteiger partial charge in [-0.15, -0.1) is 11.3 Å². The third kappa shape index (κ3) is 3.49. The predicted molar refractivity (Wildman–Crippen MR) is 80.1 cm³/mol. The van der Waals surface area contributed by atoms with E-state index in [-0.39, 0.29) is 5.69 Å². The van der Waals surface area contributed by atoms with E-state index < -0.39 is 5.97 Å². The molecule has 0 saturated carbocycles. The molecule has 110 valence electrons. The van der Waals surface area contributed by atoms with Gasteiger partial charge in [0.15, 0.2) is 0 Å². The van der Waals surface area contributed by atoms with Crippen molar-refractivity contribution in [3.63, 3.8) is 0 Å². The van der Waals surface area contributed by atoms with Gasteiger partial charge in [-0.1, -0.05) is 24.3 Å². The Bertz CT molecular complexity index is 615. The molecule has 1 aromatic carbocycles. The van der Waals surface area contributed by atoms with Crippen LogP contribution < -0.4 is 10.0 Å². The van der Waals surface area contributed by atoms with Crippen LogP contribution in [0, 0.1) is 0 Å². The maximum atomic E-state index is 10.8. The summed E-state index contributed by atoms with van der Waals surface area (Å²) < 4.78 is 0. The number of quaternary nitrogens is 1. The van der Waals surface area contributed by atoms with E-state index in [1.165, 1.54) is 54.6 Å². The predicted octanol–water partition coefficient (Wildman–Crippen LogP) is 0.742. The molecule has 0 radical (unpaired) electrons. The summed E-state index contributed by atoms with van der Waals surface area (Å²) in [5, 5.41) is 13.0. The minimum Gasteiger partial charge on any atom is -0.543 e. The second-order valence-electron chi connectivity index (χ2n) is 5.51. The van der Waals surface area contributed by atoms with Crippen molar-refractivity contribution in [1.82, 2.24) is 4.98 Å². The maximum absolute atomic E-state index is 10.8. The van der Waals surface area contributed by atoms with Gasteiger partial charge in [0.05, 0.1) is 24.8 Å². The highest BCUT2D eigenvalue weighted by Gasteiger charge is 2.14. The first-order valence-corrected chi connectivity index (χ1v) is 8.20. The fourth-order valence-corrected chi connectivity index (χ4v) is 3.58. The Kier molecular flexibility index (Phi) is 4.31. The van der Waals surface area contributed by atoms with Crippen LogP contribution in [0.15, 0.2) is 29.6 Å². The number of carbonyl (C=O) groups is 1. The zero-order valence-corrected chi connectivity index (χ0v) is 12.6. The fourth-order valence-electron chi connectivity index (χ4n) is 2.78. The van der Waals surface area contributed by atoms with Gasteiger partial charge < -0.3 is 14.8 Å². The lowest BCUT2D eigenvalue weighted by molar-refractivity contribution is -0.918. The summed E-state index contributed by atoms with van der Waals surface area (Å²) in [6, 6.07) is 8.29. The summed E-state index contributed by atoms with van der Waals surface area (Å²) in [5.41, 5.74) is 2.30. The van der Waals surface area contributed by atoms with E-state index >= 15 is 0 Å². The molecule has 5 heteroatoms. The van der Waals surface area contributed by atoms with Crippen LogP contribution in [0.4, 0.5) is 0 Å². The third-order valence-electron chi connectivity index (χ3n) is 3.93. The smallest absolute Gasteiger partial charge is 0.124 e. The quantitative estimate of drug-likeness (QED) is 0.906. The average molecular weight is 302 g/mol. The van der Waals surface area contributed by atoms with E-state index in [9.17, 15) is 9.90 Å². The number of carbonyl (C=O) groups excluding carboxylic acids is 1. The molecule has 2 aromatic rings. The molecule has 1 fully saturated rings. The van der Waals surface area contributed by atoms with Crippen LogP contribution >= 0.6 is 11.3 Å². The maximum Gasteiger partial charge on any atom is 0.124 e. The number of rotatable bonds is 4. The van der Waals surface area contributed by atoms with E-state index in [0.29, 0.717) is 0 Å². The number of benzene rings is 1. The monoisotopic (exact) mass is 302 g/mol. The number of nitrogens with one attached hydrogen (secondary N) is 1. The Labute approximate surface area is 128 Å². The standard InChI is InChI=1S/C16H18N2O2S/c19-16(20)14-11-21-15(17-14)13-6-4-12(5-7-13)10-18-8-2-1-3-9-18/h4-7,11H,1-3,8-10H2,(H,19,20).